The number of allylic oxidation sites excluding steroid dienone is 2. The van der Waals surface area contributed by atoms with Crippen LogP contribution in [0.1, 0.15) is 44.7 Å². The smallest absolute Gasteiger partial charge is 0.172 e. The highest BCUT2D eigenvalue weighted by molar-refractivity contribution is 5.95. The summed E-state index contributed by atoms with van der Waals surface area (Å²) in [5, 5.41) is 30.9. The number of rotatable bonds is 6. The summed E-state index contributed by atoms with van der Waals surface area (Å²) in [5.41, 5.74) is 3.45. The molecule has 0 saturated carbocycles. The Morgan fingerprint density at radius 2 is 1.94 bits per heavy atom. The Hall–Kier alpha value is -3.79. The van der Waals surface area contributed by atoms with Gasteiger partial charge in [0.1, 0.15) is 29.4 Å². The lowest BCUT2D eigenvalue weighted by Crippen LogP contribution is -2.31. The van der Waals surface area contributed by atoms with Crippen molar-refractivity contribution in [2.24, 2.45) is 0 Å². The van der Waals surface area contributed by atoms with Gasteiger partial charge in [0.2, 0.25) is 0 Å². The van der Waals surface area contributed by atoms with Gasteiger partial charge in [-0.3, -0.25) is 0 Å². The lowest BCUT2D eigenvalue weighted by molar-refractivity contribution is 0.109. The second-order valence-corrected chi connectivity index (χ2v) is 9.04. The van der Waals surface area contributed by atoms with Gasteiger partial charge in [-0.15, -0.1) is 0 Å². The van der Waals surface area contributed by atoms with Crippen LogP contribution >= 0.6 is 0 Å². The van der Waals surface area contributed by atoms with Crippen LogP contribution in [-0.2, 0) is 15.9 Å². The Bertz CT molecular complexity index is 1300. The van der Waals surface area contributed by atoms with Crippen molar-refractivity contribution in [3.63, 3.8) is 0 Å². The number of fused-ring (bicyclic) bond motifs is 3. The van der Waals surface area contributed by atoms with Crippen LogP contribution in [0.15, 0.2) is 47.2 Å². The monoisotopic (exact) mass is 452 g/mol. The molecule has 0 fully saturated rings. The predicted octanol–water partition coefficient (Wildman–Crippen LogP) is 5.41. The molecule has 0 bridgehead atoms. The summed E-state index contributed by atoms with van der Waals surface area (Å²) in [6.45, 7) is 9.31. The van der Waals surface area contributed by atoms with Crippen molar-refractivity contribution in [1.82, 2.24) is 0 Å². The highest BCUT2D eigenvalue weighted by Gasteiger charge is 2.40. The molecule has 4 rings (SSSR count). The SMILES string of the molecule is CCOCCCN1CCCc2c1ccc1cc(C3=C(C#N)C(=C(C#N)C#N)OC3(C)C)ccc21. The molecule has 6 nitrogen and oxygen atoms in total. The van der Waals surface area contributed by atoms with Crippen molar-refractivity contribution >= 4 is 22.0 Å². The van der Waals surface area contributed by atoms with Gasteiger partial charge in [-0.25, -0.2) is 0 Å². The number of benzene rings is 2. The second kappa shape index (κ2) is 9.60. The van der Waals surface area contributed by atoms with E-state index in [1.807, 2.05) is 39.0 Å². The van der Waals surface area contributed by atoms with Gasteiger partial charge in [0.15, 0.2) is 11.3 Å². The lowest BCUT2D eigenvalue weighted by Gasteiger charge is -2.32. The van der Waals surface area contributed by atoms with E-state index in [0.29, 0.717) is 5.57 Å². The third-order valence-corrected chi connectivity index (χ3v) is 6.51. The molecular formula is C28H28N4O2. The van der Waals surface area contributed by atoms with Crippen LogP contribution in [0.2, 0.25) is 0 Å². The van der Waals surface area contributed by atoms with Gasteiger partial charge in [0.25, 0.3) is 0 Å². The Labute approximate surface area is 200 Å². The molecule has 2 aliphatic heterocycles. The zero-order valence-corrected chi connectivity index (χ0v) is 19.9. The third kappa shape index (κ3) is 4.12. The maximum atomic E-state index is 9.89. The number of nitrogens with zero attached hydrogens (tertiary/aromatic N) is 4. The number of aryl methyl sites for hydroxylation is 1. The van der Waals surface area contributed by atoms with Gasteiger partial charge in [-0.1, -0.05) is 18.2 Å². The van der Waals surface area contributed by atoms with E-state index >= 15 is 0 Å². The maximum Gasteiger partial charge on any atom is 0.172 e. The fraction of sp³-hybridized carbons (Fsp3) is 0.393. The summed E-state index contributed by atoms with van der Waals surface area (Å²) in [6, 6.07) is 16.5. The molecule has 0 amide bonds. The number of nitriles is 3. The normalized spacial score (nSPS) is 16.5. The van der Waals surface area contributed by atoms with Crippen molar-refractivity contribution in [1.29, 1.82) is 15.8 Å². The third-order valence-electron chi connectivity index (χ3n) is 6.51. The van der Waals surface area contributed by atoms with Gasteiger partial charge in [-0.05, 0) is 74.1 Å². The minimum absolute atomic E-state index is 0.0701. The summed E-state index contributed by atoms with van der Waals surface area (Å²) in [5.74, 6) is 0.0701. The fourth-order valence-corrected chi connectivity index (χ4v) is 5.07. The molecule has 0 atom stereocenters. The molecule has 2 aromatic carbocycles. The summed E-state index contributed by atoms with van der Waals surface area (Å²) >= 11 is 0. The van der Waals surface area contributed by atoms with E-state index in [1.165, 1.54) is 16.6 Å². The Balaban J connectivity index is 1.76. The largest absolute Gasteiger partial charge is 0.480 e. The highest BCUT2D eigenvalue weighted by atomic mass is 16.5. The van der Waals surface area contributed by atoms with Crippen molar-refractivity contribution in [2.75, 3.05) is 31.2 Å². The molecule has 0 saturated heterocycles. The molecule has 2 heterocycles. The standard InChI is InChI=1S/C28H28N4O2/c1-4-33-14-6-13-32-12-5-7-23-22-10-8-20(15-19(22)9-11-25(23)32)26-24(18-31)27(21(16-29)17-30)34-28(26,2)3/h8-11,15H,4-7,12-14H2,1-3H3. The molecule has 0 spiro atoms. The molecule has 34 heavy (non-hydrogen) atoms. The first-order chi connectivity index (χ1) is 16.4. The number of hydrogen-bond donors (Lipinski definition) is 0. The Kier molecular flexibility index (Phi) is 6.60. The molecule has 6 heteroatoms. The van der Waals surface area contributed by atoms with Gasteiger partial charge in [0, 0.05) is 37.6 Å². The minimum atomic E-state index is -0.835. The molecule has 2 aliphatic rings. The van der Waals surface area contributed by atoms with E-state index < -0.39 is 5.60 Å². The number of anilines is 1. The van der Waals surface area contributed by atoms with E-state index in [4.69, 9.17) is 9.47 Å². The van der Waals surface area contributed by atoms with Crippen molar-refractivity contribution < 1.29 is 9.47 Å². The molecule has 2 aromatic rings. The number of ether oxygens (including phenoxy) is 2. The average Bonchev–Trinajstić information content (AvgIpc) is 3.12. The molecular weight excluding hydrogens is 424 g/mol. The first kappa shape index (κ1) is 23.4. The molecule has 0 N–H and O–H groups in total. The molecule has 172 valence electrons. The van der Waals surface area contributed by atoms with Gasteiger partial charge < -0.3 is 14.4 Å². The van der Waals surface area contributed by atoms with Crippen LogP contribution in [0.25, 0.3) is 16.3 Å². The van der Waals surface area contributed by atoms with Gasteiger partial charge >= 0.3 is 0 Å². The van der Waals surface area contributed by atoms with Crippen LogP contribution in [-0.4, -0.2) is 31.9 Å². The van der Waals surface area contributed by atoms with Crippen molar-refractivity contribution in [2.45, 2.75) is 45.6 Å². The summed E-state index contributed by atoms with van der Waals surface area (Å²) in [4.78, 5) is 2.46. The van der Waals surface area contributed by atoms with E-state index in [-0.39, 0.29) is 16.9 Å². The summed E-state index contributed by atoms with van der Waals surface area (Å²) < 4.78 is 11.5. The predicted molar refractivity (Wildman–Crippen MR) is 132 cm³/mol. The van der Waals surface area contributed by atoms with Crippen LogP contribution < -0.4 is 4.90 Å². The van der Waals surface area contributed by atoms with E-state index in [2.05, 4.69) is 35.2 Å². The molecule has 0 unspecified atom stereocenters. The minimum Gasteiger partial charge on any atom is -0.480 e. The van der Waals surface area contributed by atoms with Crippen LogP contribution in [0.4, 0.5) is 5.69 Å². The Morgan fingerprint density at radius 3 is 2.65 bits per heavy atom. The highest BCUT2D eigenvalue weighted by Crippen LogP contribution is 2.46. The molecule has 0 aliphatic carbocycles. The molecule has 0 radical (unpaired) electrons. The van der Waals surface area contributed by atoms with Crippen molar-refractivity contribution in [3.8, 4) is 18.2 Å². The zero-order valence-electron chi connectivity index (χ0n) is 19.9. The maximum absolute atomic E-state index is 9.89. The summed E-state index contributed by atoms with van der Waals surface area (Å²) in [6.07, 6.45) is 3.16. The van der Waals surface area contributed by atoms with E-state index in [9.17, 15) is 15.8 Å². The first-order valence-electron chi connectivity index (χ1n) is 11.7. The topological polar surface area (TPSA) is 93.1 Å². The second-order valence-electron chi connectivity index (χ2n) is 9.04. The first-order valence-corrected chi connectivity index (χ1v) is 11.7. The number of hydrogen-bond acceptors (Lipinski definition) is 6. The van der Waals surface area contributed by atoms with Crippen molar-refractivity contribution in [3.05, 3.63) is 58.4 Å². The zero-order chi connectivity index (χ0) is 24.3. The van der Waals surface area contributed by atoms with Gasteiger partial charge in [0.05, 0.1) is 0 Å². The van der Waals surface area contributed by atoms with Crippen LogP contribution in [0, 0.1) is 34.0 Å². The van der Waals surface area contributed by atoms with E-state index in [1.54, 1.807) is 0 Å². The van der Waals surface area contributed by atoms with Crippen LogP contribution in [0.3, 0.4) is 0 Å². The summed E-state index contributed by atoms with van der Waals surface area (Å²) in [7, 11) is 0. The fourth-order valence-electron chi connectivity index (χ4n) is 5.07. The quantitative estimate of drug-likeness (QED) is 0.430. The van der Waals surface area contributed by atoms with E-state index in [0.717, 1.165) is 56.5 Å². The van der Waals surface area contributed by atoms with Gasteiger partial charge in [-0.2, -0.15) is 15.8 Å². The average molecular weight is 453 g/mol. The Morgan fingerprint density at radius 1 is 1.15 bits per heavy atom. The van der Waals surface area contributed by atoms with Crippen LogP contribution in [0.5, 0.6) is 0 Å². The lowest BCUT2D eigenvalue weighted by atomic mass is 9.86. The molecule has 0 aromatic heterocycles.